The van der Waals surface area contributed by atoms with Gasteiger partial charge in [0.15, 0.2) is 17.5 Å². The van der Waals surface area contributed by atoms with E-state index in [1.165, 1.54) is 13.8 Å². The van der Waals surface area contributed by atoms with E-state index in [4.69, 9.17) is 0 Å². The fraction of sp³-hybridized carbons (Fsp3) is 0.400. The first-order chi connectivity index (χ1) is 6.75. The molecular formula is C10H11F3O2. The first kappa shape index (κ1) is 12.0. The number of hydrogen-bond donors (Lipinski definition) is 2. The highest BCUT2D eigenvalue weighted by Gasteiger charge is 2.30. The Morgan fingerprint density at radius 2 is 1.67 bits per heavy atom. The maximum atomic E-state index is 13.2. The molecular weight excluding hydrogens is 209 g/mol. The molecule has 5 heteroatoms. The van der Waals surface area contributed by atoms with E-state index in [0.29, 0.717) is 6.07 Å². The topological polar surface area (TPSA) is 40.5 Å². The zero-order valence-corrected chi connectivity index (χ0v) is 8.26. The molecule has 0 aliphatic heterocycles. The van der Waals surface area contributed by atoms with Crippen molar-refractivity contribution < 1.29 is 23.4 Å². The number of benzene rings is 1. The Morgan fingerprint density at radius 3 is 2.13 bits per heavy atom. The molecule has 1 aromatic rings. The van der Waals surface area contributed by atoms with Crippen molar-refractivity contribution in [2.45, 2.75) is 25.6 Å². The fourth-order valence-electron chi connectivity index (χ4n) is 1.13. The van der Waals surface area contributed by atoms with Gasteiger partial charge in [0.25, 0.3) is 0 Å². The summed E-state index contributed by atoms with van der Waals surface area (Å²) >= 11 is 0. The van der Waals surface area contributed by atoms with E-state index in [0.717, 1.165) is 6.07 Å². The standard InChI is InChI=1S/C10H11F3O2/c1-10(2,15)9(14)5-3-4-6(11)8(13)7(5)12/h3-4,9,14-15H,1-2H3. The highest BCUT2D eigenvalue weighted by Crippen LogP contribution is 2.28. The third-order valence-electron chi connectivity index (χ3n) is 2.03. The van der Waals surface area contributed by atoms with E-state index in [-0.39, 0.29) is 0 Å². The van der Waals surface area contributed by atoms with Crippen LogP contribution in [-0.2, 0) is 0 Å². The maximum absolute atomic E-state index is 13.2. The van der Waals surface area contributed by atoms with Gasteiger partial charge in [-0.15, -0.1) is 0 Å². The fourth-order valence-corrected chi connectivity index (χ4v) is 1.13. The molecule has 0 saturated carbocycles. The second-order valence-electron chi connectivity index (χ2n) is 3.82. The van der Waals surface area contributed by atoms with Gasteiger partial charge in [0, 0.05) is 5.56 Å². The van der Waals surface area contributed by atoms with E-state index in [2.05, 4.69) is 0 Å². The molecule has 1 atom stereocenters. The SMILES string of the molecule is CC(C)(O)C(O)c1ccc(F)c(F)c1F. The molecule has 0 aliphatic rings. The van der Waals surface area contributed by atoms with Crippen LogP contribution < -0.4 is 0 Å². The summed E-state index contributed by atoms with van der Waals surface area (Å²) in [6.07, 6.45) is -1.62. The van der Waals surface area contributed by atoms with E-state index >= 15 is 0 Å². The second-order valence-corrected chi connectivity index (χ2v) is 3.82. The smallest absolute Gasteiger partial charge is 0.194 e. The summed E-state index contributed by atoms with van der Waals surface area (Å²) < 4.78 is 38.5. The van der Waals surface area contributed by atoms with Gasteiger partial charge >= 0.3 is 0 Å². The molecule has 0 aliphatic carbocycles. The van der Waals surface area contributed by atoms with Gasteiger partial charge in [-0.1, -0.05) is 6.07 Å². The number of aliphatic hydroxyl groups excluding tert-OH is 1. The quantitative estimate of drug-likeness (QED) is 0.747. The summed E-state index contributed by atoms with van der Waals surface area (Å²) in [6.45, 7) is 2.47. The van der Waals surface area contributed by atoms with Crippen LogP contribution in [0.25, 0.3) is 0 Å². The molecule has 0 spiro atoms. The molecule has 1 unspecified atom stereocenters. The van der Waals surface area contributed by atoms with E-state index in [9.17, 15) is 23.4 Å². The van der Waals surface area contributed by atoms with Crippen molar-refractivity contribution in [3.05, 3.63) is 35.1 Å². The van der Waals surface area contributed by atoms with E-state index < -0.39 is 34.7 Å². The maximum Gasteiger partial charge on any atom is 0.194 e. The summed E-state index contributed by atoms with van der Waals surface area (Å²) in [5.74, 6) is -4.47. The van der Waals surface area contributed by atoms with Gasteiger partial charge in [-0.25, -0.2) is 13.2 Å². The minimum absolute atomic E-state index is 0.471. The van der Waals surface area contributed by atoms with Gasteiger partial charge in [0.1, 0.15) is 6.10 Å². The zero-order valence-electron chi connectivity index (χ0n) is 8.26. The largest absolute Gasteiger partial charge is 0.387 e. The van der Waals surface area contributed by atoms with Gasteiger partial charge in [-0.3, -0.25) is 0 Å². The van der Waals surface area contributed by atoms with Gasteiger partial charge in [0.2, 0.25) is 0 Å². The third kappa shape index (κ3) is 2.30. The van der Waals surface area contributed by atoms with Crippen molar-refractivity contribution >= 4 is 0 Å². The Bertz CT molecular complexity index is 372. The summed E-state index contributed by atoms with van der Waals surface area (Å²) in [5.41, 5.74) is -2.10. The summed E-state index contributed by atoms with van der Waals surface area (Å²) in [7, 11) is 0. The van der Waals surface area contributed by atoms with Crippen LogP contribution in [0.1, 0.15) is 25.5 Å². The first-order valence-electron chi connectivity index (χ1n) is 4.29. The van der Waals surface area contributed by atoms with Crippen LogP contribution in [0.15, 0.2) is 12.1 Å². The Labute approximate surface area is 85.0 Å². The number of aliphatic hydroxyl groups is 2. The van der Waals surface area contributed by atoms with Crippen molar-refractivity contribution in [2.24, 2.45) is 0 Å². The highest BCUT2D eigenvalue weighted by atomic mass is 19.2. The third-order valence-corrected chi connectivity index (χ3v) is 2.03. The molecule has 1 aromatic carbocycles. The van der Waals surface area contributed by atoms with Crippen LogP contribution in [0, 0.1) is 17.5 Å². The molecule has 0 saturated heterocycles. The molecule has 15 heavy (non-hydrogen) atoms. The minimum Gasteiger partial charge on any atom is -0.387 e. The average Bonchev–Trinajstić information content (AvgIpc) is 2.12. The Morgan fingerprint density at radius 1 is 1.13 bits per heavy atom. The van der Waals surface area contributed by atoms with E-state index in [1.54, 1.807) is 0 Å². The van der Waals surface area contributed by atoms with Crippen LogP contribution in [0.4, 0.5) is 13.2 Å². The van der Waals surface area contributed by atoms with Crippen molar-refractivity contribution in [3.8, 4) is 0 Å². The van der Waals surface area contributed by atoms with Crippen LogP contribution in [-0.4, -0.2) is 15.8 Å². The van der Waals surface area contributed by atoms with Crippen molar-refractivity contribution in [1.29, 1.82) is 0 Å². The lowest BCUT2D eigenvalue weighted by Crippen LogP contribution is -2.29. The van der Waals surface area contributed by atoms with Crippen molar-refractivity contribution in [2.75, 3.05) is 0 Å². The lowest BCUT2D eigenvalue weighted by atomic mass is 9.94. The molecule has 1 rings (SSSR count). The minimum atomic E-state index is -1.66. The van der Waals surface area contributed by atoms with Gasteiger partial charge in [-0.05, 0) is 19.9 Å². The summed E-state index contributed by atoms with van der Waals surface area (Å²) in [5, 5.41) is 18.9. The molecule has 84 valence electrons. The predicted octanol–water partition coefficient (Wildman–Crippen LogP) is 1.91. The Hall–Kier alpha value is -1.07. The number of halogens is 3. The number of hydrogen-bond acceptors (Lipinski definition) is 2. The monoisotopic (exact) mass is 220 g/mol. The zero-order chi connectivity index (χ0) is 11.8. The molecule has 0 heterocycles. The predicted molar refractivity (Wildman–Crippen MR) is 47.6 cm³/mol. The molecule has 0 radical (unpaired) electrons. The molecule has 2 N–H and O–H groups in total. The molecule has 0 amide bonds. The highest BCUT2D eigenvalue weighted by molar-refractivity contribution is 5.24. The van der Waals surface area contributed by atoms with Gasteiger partial charge in [-0.2, -0.15) is 0 Å². The van der Waals surface area contributed by atoms with Crippen LogP contribution in [0.5, 0.6) is 0 Å². The molecule has 2 nitrogen and oxygen atoms in total. The summed E-state index contributed by atoms with van der Waals surface area (Å²) in [4.78, 5) is 0. The van der Waals surface area contributed by atoms with Crippen molar-refractivity contribution in [1.82, 2.24) is 0 Å². The molecule has 0 bridgehead atoms. The number of rotatable bonds is 2. The van der Waals surface area contributed by atoms with Crippen LogP contribution in [0.2, 0.25) is 0 Å². The Balaban J connectivity index is 3.23. The van der Waals surface area contributed by atoms with Gasteiger partial charge < -0.3 is 10.2 Å². The molecule has 0 aromatic heterocycles. The van der Waals surface area contributed by atoms with Crippen molar-refractivity contribution in [3.63, 3.8) is 0 Å². The lowest BCUT2D eigenvalue weighted by Gasteiger charge is -2.25. The first-order valence-corrected chi connectivity index (χ1v) is 4.29. The Kier molecular flexibility index (Phi) is 3.06. The normalized spacial score (nSPS) is 14.1. The van der Waals surface area contributed by atoms with Gasteiger partial charge in [0.05, 0.1) is 5.60 Å². The summed E-state index contributed by atoms with van der Waals surface area (Å²) in [6, 6.07) is 1.60. The lowest BCUT2D eigenvalue weighted by molar-refractivity contribution is -0.0515. The molecule has 0 fully saturated rings. The van der Waals surface area contributed by atoms with Crippen LogP contribution >= 0.6 is 0 Å². The van der Waals surface area contributed by atoms with E-state index in [1.807, 2.05) is 0 Å². The average molecular weight is 220 g/mol. The van der Waals surface area contributed by atoms with Crippen LogP contribution in [0.3, 0.4) is 0 Å². The second kappa shape index (κ2) is 3.83.